The number of hydrogen-bond donors (Lipinski definition) is 2. The molecule has 1 aliphatic heterocycles. The molecule has 0 amide bonds. The summed E-state index contributed by atoms with van der Waals surface area (Å²) in [6, 6.07) is 0. The molecule has 0 spiro atoms. The van der Waals surface area contributed by atoms with Crippen molar-refractivity contribution in [1.82, 2.24) is 0 Å². The molecule has 0 bridgehead atoms. The number of nitrogens with zero attached hydrogens (tertiary/aromatic N) is 1. The number of hydrogen-bond acceptors (Lipinski definition) is 4. The molecule has 0 aromatic heterocycles. The number of hydroxylamine groups is 2. The number of quaternary nitrogens is 1. The third-order valence-corrected chi connectivity index (χ3v) is 2.68. The molecule has 0 aromatic carbocycles. The molecular formula is C4H6N2O3S2. The summed E-state index contributed by atoms with van der Waals surface area (Å²) in [5.74, 6) is 0. The normalized spacial score (nSPS) is 33.2. The minimum absolute atomic E-state index is 0.266. The maximum atomic E-state index is 11.0. The van der Waals surface area contributed by atoms with Crippen molar-refractivity contribution < 1.29 is 13.6 Å². The van der Waals surface area contributed by atoms with Crippen LogP contribution in [0.1, 0.15) is 0 Å². The smallest absolute Gasteiger partial charge is 0.257 e. The van der Waals surface area contributed by atoms with Crippen LogP contribution < -0.4 is 5.14 Å². The van der Waals surface area contributed by atoms with Gasteiger partial charge >= 0.3 is 0 Å². The van der Waals surface area contributed by atoms with Gasteiger partial charge in [0.1, 0.15) is 11.9 Å². The molecule has 62 valence electrons. The molecule has 2 unspecified atom stereocenters. The first-order chi connectivity index (χ1) is 5.04. The van der Waals surface area contributed by atoms with E-state index in [1.165, 1.54) is 17.6 Å². The van der Waals surface area contributed by atoms with Crippen molar-refractivity contribution in [2.75, 3.05) is 0 Å². The fourth-order valence-corrected chi connectivity index (χ4v) is 1.83. The van der Waals surface area contributed by atoms with Crippen molar-refractivity contribution in [1.29, 1.82) is 0 Å². The van der Waals surface area contributed by atoms with Crippen molar-refractivity contribution in [3.8, 4) is 0 Å². The van der Waals surface area contributed by atoms with Crippen LogP contribution in [0.5, 0.6) is 0 Å². The van der Waals surface area contributed by atoms with E-state index < -0.39 is 15.2 Å². The zero-order valence-electron chi connectivity index (χ0n) is 5.34. The Labute approximate surface area is 70.0 Å². The molecule has 7 heteroatoms. The van der Waals surface area contributed by atoms with Gasteiger partial charge in [0, 0.05) is 11.5 Å². The van der Waals surface area contributed by atoms with Crippen molar-refractivity contribution in [2.24, 2.45) is 5.14 Å². The zero-order chi connectivity index (χ0) is 8.48. The van der Waals surface area contributed by atoms with Gasteiger partial charge in [-0.05, 0) is 6.08 Å². The molecule has 0 aliphatic carbocycles. The van der Waals surface area contributed by atoms with Crippen LogP contribution in [0.25, 0.3) is 0 Å². The Morgan fingerprint density at radius 1 is 1.82 bits per heavy atom. The summed E-state index contributed by atoms with van der Waals surface area (Å²) in [5.41, 5.74) is 0. The third-order valence-electron chi connectivity index (χ3n) is 1.01. The summed E-state index contributed by atoms with van der Waals surface area (Å²) < 4.78 is 8.88. The number of nitrogens with two attached hydrogens (primary N) is 1. The molecular weight excluding hydrogens is 188 g/mol. The van der Waals surface area contributed by atoms with Crippen LogP contribution in [0.2, 0.25) is 0 Å². The van der Waals surface area contributed by atoms with E-state index >= 15 is 0 Å². The zero-order valence-corrected chi connectivity index (χ0v) is 6.97. The highest BCUT2D eigenvalue weighted by Crippen LogP contribution is 2.30. The highest BCUT2D eigenvalue weighted by atomic mass is 32.2. The first-order valence-corrected chi connectivity index (χ1v) is 4.64. The van der Waals surface area contributed by atoms with Crippen LogP contribution in [0.3, 0.4) is 0 Å². The minimum Gasteiger partial charge on any atom is -0.580 e. The molecule has 0 saturated heterocycles. The van der Waals surface area contributed by atoms with Crippen LogP contribution in [0.4, 0.5) is 0 Å². The van der Waals surface area contributed by atoms with Crippen LogP contribution >= 0.6 is 11.9 Å². The Morgan fingerprint density at radius 2 is 2.45 bits per heavy atom. The highest BCUT2D eigenvalue weighted by molar-refractivity contribution is 7.97. The lowest BCUT2D eigenvalue weighted by molar-refractivity contribution is -0.910. The summed E-state index contributed by atoms with van der Waals surface area (Å²) in [6.07, 6.45) is 2.73. The molecule has 1 rings (SSSR count). The SMILES string of the molecule is NS(=O)C1=CC=CS[N+]1([O-])O. The molecule has 2 atom stereocenters. The average Bonchev–Trinajstić information content (AvgIpc) is 1.85. The van der Waals surface area contributed by atoms with Gasteiger partial charge in [-0.25, -0.2) is 9.35 Å². The monoisotopic (exact) mass is 194 g/mol. The molecule has 1 heterocycles. The van der Waals surface area contributed by atoms with E-state index in [1.54, 1.807) is 0 Å². The maximum absolute atomic E-state index is 11.0. The number of rotatable bonds is 1. The van der Waals surface area contributed by atoms with Gasteiger partial charge in [-0.3, -0.25) is 0 Å². The highest BCUT2D eigenvalue weighted by Gasteiger charge is 2.28. The Bertz CT molecular complexity index is 248. The van der Waals surface area contributed by atoms with E-state index in [-0.39, 0.29) is 5.03 Å². The van der Waals surface area contributed by atoms with Gasteiger partial charge in [0.05, 0.1) is 0 Å². The Hall–Kier alpha value is -0.180. The van der Waals surface area contributed by atoms with Crippen molar-refractivity contribution in [3.63, 3.8) is 0 Å². The molecule has 0 fully saturated rings. The lowest BCUT2D eigenvalue weighted by Crippen LogP contribution is -2.33. The minimum atomic E-state index is -1.92. The topological polar surface area (TPSA) is 86.4 Å². The van der Waals surface area contributed by atoms with E-state index in [2.05, 4.69) is 0 Å². The molecule has 0 aromatic rings. The molecule has 5 nitrogen and oxygen atoms in total. The molecule has 3 N–H and O–H groups in total. The summed E-state index contributed by atoms with van der Waals surface area (Å²) in [5, 5.41) is 26.0. The van der Waals surface area contributed by atoms with Gasteiger partial charge in [-0.1, -0.05) is 0 Å². The fourth-order valence-electron chi connectivity index (χ4n) is 0.566. The predicted octanol–water partition coefficient (Wildman–Crippen LogP) is 0.330. The first-order valence-electron chi connectivity index (χ1n) is 2.59. The Balaban J connectivity index is 2.97. The molecule has 1 aliphatic rings. The summed E-state index contributed by atoms with van der Waals surface area (Å²) in [7, 11) is -1.92. The van der Waals surface area contributed by atoms with Gasteiger partial charge in [-0.2, -0.15) is 5.21 Å². The Kier molecular flexibility index (Phi) is 2.47. The second-order valence-corrected chi connectivity index (χ2v) is 3.75. The van der Waals surface area contributed by atoms with Crippen molar-refractivity contribution >= 4 is 22.9 Å². The lowest BCUT2D eigenvalue weighted by atomic mass is 10.6. The van der Waals surface area contributed by atoms with Crippen LogP contribution in [0, 0.1) is 5.21 Å². The van der Waals surface area contributed by atoms with Crippen molar-refractivity contribution in [3.05, 3.63) is 27.8 Å². The second kappa shape index (κ2) is 3.05. The van der Waals surface area contributed by atoms with E-state index in [4.69, 9.17) is 10.3 Å². The summed E-state index contributed by atoms with van der Waals surface area (Å²) in [6.45, 7) is 0. The van der Waals surface area contributed by atoms with Crippen LogP contribution in [0.15, 0.2) is 22.6 Å². The summed E-state index contributed by atoms with van der Waals surface area (Å²) >= 11 is 0.572. The van der Waals surface area contributed by atoms with Gasteiger partial charge < -0.3 is 5.21 Å². The average molecular weight is 194 g/mol. The van der Waals surface area contributed by atoms with E-state index in [0.717, 1.165) is 0 Å². The first kappa shape index (κ1) is 8.91. The number of allylic oxidation sites excluding steroid dienone is 2. The quantitative estimate of drug-likeness (QED) is 0.358. The fraction of sp³-hybridized carbons (Fsp3) is 0. The molecule has 0 radical (unpaired) electrons. The largest absolute Gasteiger partial charge is 0.580 e. The molecule has 0 saturated carbocycles. The van der Waals surface area contributed by atoms with E-state index in [9.17, 15) is 9.42 Å². The van der Waals surface area contributed by atoms with Gasteiger partial charge in [0.2, 0.25) is 0 Å². The van der Waals surface area contributed by atoms with E-state index in [0.29, 0.717) is 11.9 Å². The van der Waals surface area contributed by atoms with Gasteiger partial charge in [-0.15, -0.1) is 4.21 Å². The third kappa shape index (κ3) is 1.89. The Morgan fingerprint density at radius 3 is 2.82 bits per heavy atom. The van der Waals surface area contributed by atoms with Crippen LogP contribution in [-0.2, 0) is 11.0 Å². The van der Waals surface area contributed by atoms with Crippen molar-refractivity contribution in [2.45, 2.75) is 0 Å². The maximum Gasteiger partial charge on any atom is 0.257 e. The summed E-state index contributed by atoms with van der Waals surface area (Å²) in [4.78, 5) is 0. The predicted molar refractivity (Wildman–Crippen MR) is 42.6 cm³/mol. The lowest BCUT2D eigenvalue weighted by Gasteiger charge is -2.30. The van der Waals surface area contributed by atoms with Gasteiger partial charge in [0.15, 0.2) is 11.0 Å². The standard InChI is InChI=1S/C4H6N2O3S2/c5-11(9)4-2-1-3-10-6(4,7)8/h1-3,7H,5H2. The molecule has 11 heavy (non-hydrogen) atoms. The van der Waals surface area contributed by atoms with Gasteiger partial charge in [0.25, 0.3) is 5.03 Å². The second-order valence-electron chi connectivity index (χ2n) is 1.76. The van der Waals surface area contributed by atoms with E-state index in [1.807, 2.05) is 0 Å². The van der Waals surface area contributed by atoms with Crippen LogP contribution in [-0.4, -0.2) is 13.6 Å².